The maximum atomic E-state index is 5.28. The number of aromatic amines is 1. The lowest BCUT2D eigenvalue weighted by Gasteiger charge is -2.03. The van der Waals surface area contributed by atoms with E-state index in [-0.39, 0.29) is 0 Å². The van der Waals surface area contributed by atoms with E-state index in [0.717, 1.165) is 30.0 Å². The van der Waals surface area contributed by atoms with Gasteiger partial charge in [0.25, 0.3) is 0 Å². The average molecular weight is 267 g/mol. The Morgan fingerprint density at radius 2 is 2.24 bits per heavy atom. The highest BCUT2D eigenvalue weighted by Crippen LogP contribution is 2.22. The number of aryl methyl sites for hydroxylation is 3. The van der Waals surface area contributed by atoms with Crippen molar-refractivity contribution < 1.29 is 0 Å². The molecule has 0 fully saturated rings. The topological polar surface area (TPSA) is 33.6 Å². The molecule has 0 bridgehead atoms. The molecular formula is C12H17N3S2. The van der Waals surface area contributed by atoms with E-state index in [9.17, 15) is 0 Å². The first kappa shape index (κ1) is 12.5. The summed E-state index contributed by atoms with van der Waals surface area (Å²) < 4.78 is 2.82. The number of aromatic nitrogens is 3. The van der Waals surface area contributed by atoms with Crippen LogP contribution in [0.2, 0.25) is 0 Å². The molecule has 0 spiro atoms. The van der Waals surface area contributed by atoms with E-state index < -0.39 is 0 Å². The SMILES string of the molecule is CCCc1n[nH]c(=S)n1Cc1cc(C)c(C)s1. The molecule has 2 rings (SSSR count). The van der Waals surface area contributed by atoms with E-state index in [1.165, 1.54) is 15.3 Å². The number of nitrogens with one attached hydrogen (secondary N) is 1. The second-order valence-electron chi connectivity index (χ2n) is 4.23. The van der Waals surface area contributed by atoms with Gasteiger partial charge >= 0.3 is 0 Å². The molecule has 3 nitrogen and oxygen atoms in total. The van der Waals surface area contributed by atoms with Crippen molar-refractivity contribution in [3.8, 4) is 0 Å². The summed E-state index contributed by atoms with van der Waals surface area (Å²) >= 11 is 7.11. The summed E-state index contributed by atoms with van der Waals surface area (Å²) in [6.45, 7) is 7.30. The predicted octanol–water partition coefficient (Wildman–Crippen LogP) is 3.62. The van der Waals surface area contributed by atoms with Crippen LogP contribution in [-0.2, 0) is 13.0 Å². The molecule has 2 heterocycles. The molecule has 1 N–H and O–H groups in total. The van der Waals surface area contributed by atoms with Gasteiger partial charge < -0.3 is 0 Å². The van der Waals surface area contributed by atoms with Crippen LogP contribution in [0.25, 0.3) is 0 Å². The van der Waals surface area contributed by atoms with Gasteiger partial charge in [0.15, 0.2) is 4.77 Å². The molecule has 0 radical (unpaired) electrons. The Hall–Kier alpha value is -0.940. The van der Waals surface area contributed by atoms with Gasteiger partial charge in [0.05, 0.1) is 6.54 Å². The molecule has 0 saturated heterocycles. The third-order valence-corrected chi connectivity index (χ3v) is 4.29. The van der Waals surface area contributed by atoms with Crippen molar-refractivity contribution in [1.29, 1.82) is 0 Å². The highest BCUT2D eigenvalue weighted by Gasteiger charge is 2.08. The van der Waals surface area contributed by atoms with Crippen molar-refractivity contribution in [3.63, 3.8) is 0 Å². The molecule has 0 unspecified atom stereocenters. The Bertz CT molecular complexity index is 543. The third kappa shape index (κ3) is 2.66. The van der Waals surface area contributed by atoms with E-state index >= 15 is 0 Å². The van der Waals surface area contributed by atoms with Gasteiger partial charge in [-0.05, 0) is 44.1 Å². The minimum absolute atomic E-state index is 0.720. The Kier molecular flexibility index (Phi) is 3.79. The second kappa shape index (κ2) is 5.14. The first-order valence-corrected chi connectivity index (χ1v) is 7.04. The summed E-state index contributed by atoms with van der Waals surface area (Å²) in [6, 6.07) is 2.24. The van der Waals surface area contributed by atoms with Gasteiger partial charge in [-0.3, -0.25) is 9.67 Å². The number of hydrogen-bond acceptors (Lipinski definition) is 3. The molecule has 0 aliphatic heterocycles. The van der Waals surface area contributed by atoms with Crippen LogP contribution < -0.4 is 0 Å². The van der Waals surface area contributed by atoms with Crippen molar-refractivity contribution in [2.45, 2.75) is 40.2 Å². The monoisotopic (exact) mass is 267 g/mol. The molecule has 0 saturated carbocycles. The quantitative estimate of drug-likeness (QED) is 0.858. The van der Waals surface area contributed by atoms with Crippen LogP contribution in [-0.4, -0.2) is 14.8 Å². The molecule has 0 aliphatic carbocycles. The van der Waals surface area contributed by atoms with Gasteiger partial charge in [-0.25, -0.2) is 0 Å². The molecule has 0 aliphatic rings. The molecule has 0 atom stereocenters. The number of hydrogen-bond donors (Lipinski definition) is 1. The number of thiophene rings is 1. The van der Waals surface area contributed by atoms with Gasteiger partial charge in [-0.1, -0.05) is 6.92 Å². The van der Waals surface area contributed by atoms with Crippen molar-refractivity contribution >= 4 is 23.6 Å². The van der Waals surface area contributed by atoms with Gasteiger partial charge in [-0.15, -0.1) is 11.3 Å². The van der Waals surface area contributed by atoms with E-state index in [0.29, 0.717) is 0 Å². The summed E-state index contributed by atoms with van der Waals surface area (Å²) in [7, 11) is 0. The fourth-order valence-electron chi connectivity index (χ4n) is 1.81. The van der Waals surface area contributed by atoms with Crippen molar-refractivity contribution in [2.75, 3.05) is 0 Å². The lowest BCUT2D eigenvalue weighted by atomic mass is 10.3. The van der Waals surface area contributed by atoms with E-state index in [1.54, 1.807) is 0 Å². The molecule has 92 valence electrons. The normalized spacial score (nSPS) is 11.0. The van der Waals surface area contributed by atoms with Crippen LogP contribution in [0.15, 0.2) is 6.07 Å². The Morgan fingerprint density at radius 3 is 2.82 bits per heavy atom. The lowest BCUT2D eigenvalue weighted by Crippen LogP contribution is -2.04. The first-order valence-electron chi connectivity index (χ1n) is 5.81. The van der Waals surface area contributed by atoms with Crippen molar-refractivity contribution in [3.05, 3.63) is 32.0 Å². The number of rotatable bonds is 4. The highest BCUT2D eigenvalue weighted by atomic mass is 32.1. The Balaban J connectivity index is 2.29. The zero-order chi connectivity index (χ0) is 12.4. The maximum absolute atomic E-state index is 5.28. The largest absolute Gasteiger partial charge is 0.299 e. The van der Waals surface area contributed by atoms with Crippen LogP contribution in [0, 0.1) is 18.6 Å². The number of nitrogens with zero attached hydrogens (tertiary/aromatic N) is 2. The van der Waals surface area contributed by atoms with Gasteiger partial charge in [0.2, 0.25) is 0 Å². The van der Waals surface area contributed by atoms with E-state index in [4.69, 9.17) is 12.2 Å². The van der Waals surface area contributed by atoms with Gasteiger partial charge in [0.1, 0.15) is 5.82 Å². The van der Waals surface area contributed by atoms with Crippen LogP contribution in [0.3, 0.4) is 0 Å². The van der Waals surface area contributed by atoms with Crippen LogP contribution in [0.4, 0.5) is 0 Å². The summed E-state index contributed by atoms with van der Waals surface area (Å²) in [5.74, 6) is 1.06. The van der Waals surface area contributed by atoms with Crippen LogP contribution >= 0.6 is 23.6 Å². The standard InChI is InChI=1S/C12H17N3S2/c1-4-5-11-13-14-12(16)15(11)7-10-6-8(2)9(3)17-10/h6H,4-5,7H2,1-3H3,(H,14,16). The summed E-state index contributed by atoms with van der Waals surface area (Å²) in [5, 5.41) is 7.17. The van der Waals surface area contributed by atoms with E-state index in [1.807, 2.05) is 11.3 Å². The maximum Gasteiger partial charge on any atom is 0.195 e. The Morgan fingerprint density at radius 1 is 1.47 bits per heavy atom. The number of H-pyrrole nitrogens is 1. The summed E-state index contributed by atoms with van der Waals surface area (Å²) in [6.07, 6.45) is 2.05. The minimum atomic E-state index is 0.720. The molecule has 0 aromatic carbocycles. The molecule has 17 heavy (non-hydrogen) atoms. The van der Waals surface area contributed by atoms with Crippen molar-refractivity contribution in [1.82, 2.24) is 14.8 Å². The average Bonchev–Trinajstić information content (AvgIpc) is 2.77. The fourth-order valence-corrected chi connectivity index (χ4v) is 3.07. The molecular weight excluding hydrogens is 250 g/mol. The predicted molar refractivity (Wildman–Crippen MR) is 74.3 cm³/mol. The van der Waals surface area contributed by atoms with Gasteiger partial charge in [0, 0.05) is 16.2 Å². The van der Waals surface area contributed by atoms with E-state index in [2.05, 4.69) is 41.6 Å². The molecule has 5 heteroatoms. The summed E-state index contributed by atoms with van der Waals surface area (Å²) in [5.41, 5.74) is 1.36. The van der Waals surface area contributed by atoms with Crippen LogP contribution in [0.5, 0.6) is 0 Å². The fraction of sp³-hybridized carbons (Fsp3) is 0.500. The summed E-state index contributed by atoms with van der Waals surface area (Å²) in [4.78, 5) is 2.72. The third-order valence-electron chi connectivity index (χ3n) is 2.84. The Labute approximate surface area is 111 Å². The molecule has 2 aromatic heterocycles. The van der Waals surface area contributed by atoms with Crippen LogP contribution in [0.1, 0.15) is 34.5 Å². The second-order valence-corrected chi connectivity index (χ2v) is 5.96. The zero-order valence-corrected chi connectivity index (χ0v) is 12.0. The van der Waals surface area contributed by atoms with Gasteiger partial charge in [-0.2, -0.15) is 5.10 Å². The molecule has 0 amide bonds. The first-order chi connectivity index (χ1) is 8.11. The zero-order valence-electron chi connectivity index (χ0n) is 10.4. The lowest BCUT2D eigenvalue weighted by molar-refractivity contribution is 0.705. The molecule has 2 aromatic rings. The van der Waals surface area contributed by atoms with Crippen molar-refractivity contribution in [2.24, 2.45) is 0 Å². The smallest absolute Gasteiger partial charge is 0.195 e. The highest BCUT2D eigenvalue weighted by molar-refractivity contribution is 7.71. The minimum Gasteiger partial charge on any atom is -0.299 e.